The summed E-state index contributed by atoms with van der Waals surface area (Å²) in [5, 5.41) is 0.725. The summed E-state index contributed by atoms with van der Waals surface area (Å²) in [5.74, 6) is 0.516. The first-order chi connectivity index (χ1) is 7.68. The average molecular weight is 305 g/mol. The highest BCUT2D eigenvalue weighted by atomic mass is 79.9. The van der Waals surface area contributed by atoms with E-state index in [0.29, 0.717) is 5.92 Å². The van der Waals surface area contributed by atoms with Gasteiger partial charge < -0.3 is 10.5 Å². The minimum Gasteiger partial charge on any atom is -0.381 e. The zero-order chi connectivity index (χ0) is 11.5. The zero-order valence-corrected chi connectivity index (χ0v) is 11.3. The van der Waals surface area contributed by atoms with Crippen LogP contribution in [0.1, 0.15) is 24.4 Å². The maximum atomic E-state index is 6.27. The van der Waals surface area contributed by atoms with E-state index in [1.165, 1.54) is 0 Å². The number of benzene rings is 1. The molecule has 0 bridgehead atoms. The highest BCUT2D eigenvalue weighted by Gasteiger charge is 2.22. The molecule has 2 nitrogen and oxygen atoms in total. The first-order valence-corrected chi connectivity index (χ1v) is 6.64. The van der Waals surface area contributed by atoms with Crippen LogP contribution < -0.4 is 5.73 Å². The van der Waals surface area contributed by atoms with Crippen LogP contribution in [-0.4, -0.2) is 13.2 Å². The molecule has 1 saturated heterocycles. The van der Waals surface area contributed by atoms with Crippen molar-refractivity contribution < 1.29 is 4.74 Å². The molecule has 16 heavy (non-hydrogen) atoms. The van der Waals surface area contributed by atoms with Gasteiger partial charge in [0.1, 0.15) is 0 Å². The molecule has 88 valence electrons. The molecule has 2 rings (SSSR count). The lowest BCUT2D eigenvalue weighted by Crippen LogP contribution is -2.27. The predicted molar refractivity (Wildman–Crippen MR) is 69.6 cm³/mol. The van der Waals surface area contributed by atoms with Gasteiger partial charge in [-0.05, 0) is 52.4 Å². The van der Waals surface area contributed by atoms with Crippen LogP contribution in [0, 0.1) is 5.92 Å². The van der Waals surface area contributed by atoms with Crippen molar-refractivity contribution in [1.82, 2.24) is 0 Å². The molecule has 0 aromatic heterocycles. The summed E-state index contributed by atoms with van der Waals surface area (Å²) >= 11 is 9.39. The van der Waals surface area contributed by atoms with Gasteiger partial charge in [-0.25, -0.2) is 0 Å². The van der Waals surface area contributed by atoms with Gasteiger partial charge in [0.25, 0.3) is 0 Å². The molecule has 0 amide bonds. The van der Waals surface area contributed by atoms with E-state index in [1.54, 1.807) is 0 Å². The molecule has 0 saturated carbocycles. The molecule has 1 aromatic rings. The largest absolute Gasteiger partial charge is 0.381 e. The number of nitrogens with two attached hydrogens (primary N) is 1. The second kappa shape index (κ2) is 5.50. The van der Waals surface area contributed by atoms with Crippen molar-refractivity contribution in [1.29, 1.82) is 0 Å². The smallest absolute Gasteiger partial charge is 0.0548 e. The van der Waals surface area contributed by atoms with Crippen LogP contribution in [0.15, 0.2) is 22.7 Å². The average Bonchev–Trinajstić information content (AvgIpc) is 2.33. The van der Waals surface area contributed by atoms with Gasteiger partial charge in [0.2, 0.25) is 0 Å². The van der Waals surface area contributed by atoms with E-state index in [0.717, 1.165) is 41.1 Å². The van der Waals surface area contributed by atoms with E-state index in [1.807, 2.05) is 18.2 Å². The van der Waals surface area contributed by atoms with Crippen LogP contribution in [0.25, 0.3) is 0 Å². The van der Waals surface area contributed by atoms with Crippen molar-refractivity contribution >= 4 is 27.5 Å². The third-order valence-electron chi connectivity index (χ3n) is 3.10. The molecular weight excluding hydrogens is 289 g/mol. The maximum Gasteiger partial charge on any atom is 0.0548 e. The van der Waals surface area contributed by atoms with Crippen LogP contribution in [0.5, 0.6) is 0 Å². The Morgan fingerprint density at radius 1 is 1.38 bits per heavy atom. The van der Waals surface area contributed by atoms with Crippen molar-refractivity contribution in [3.8, 4) is 0 Å². The Morgan fingerprint density at radius 2 is 2.06 bits per heavy atom. The Labute approximate surface area is 109 Å². The standard InChI is InChI=1S/C12H15BrClNO/c13-10-7-9(1-2-11(10)14)12(15)8-3-5-16-6-4-8/h1-2,7-8,12H,3-6,15H2. The van der Waals surface area contributed by atoms with Crippen molar-refractivity contribution in [3.63, 3.8) is 0 Å². The van der Waals surface area contributed by atoms with Gasteiger partial charge in [-0.3, -0.25) is 0 Å². The van der Waals surface area contributed by atoms with Crippen molar-refractivity contribution in [2.45, 2.75) is 18.9 Å². The Hall–Kier alpha value is -0.0900. The molecule has 1 aliphatic heterocycles. The normalized spacial score (nSPS) is 19.7. The molecular formula is C12H15BrClNO. The van der Waals surface area contributed by atoms with Gasteiger partial charge >= 0.3 is 0 Å². The topological polar surface area (TPSA) is 35.2 Å². The predicted octanol–water partition coefficient (Wildman–Crippen LogP) is 3.53. The van der Waals surface area contributed by atoms with Crippen LogP contribution in [0.3, 0.4) is 0 Å². The Kier molecular flexibility index (Phi) is 4.25. The van der Waals surface area contributed by atoms with Crippen LogP contribution in [0.4, 0.5) is 0 Å². The van der Waals surface area contributed by atoms with Gasteiger partial charge in [-0.2, -0.15) is 0 Å². The summed E-state index contributed by atoms with van der Waals surface area (Å²) in [6.07, 6.45) is 2.09. The number of rotatable bonds is 2. The summed E-state index contributed by atoms with van der Waals surface area (Å²) in [7, 11) is 0. The van der Waals surface area contributed by atoms with Gasteiger partial charge in [0.15, 0.2) is 0 Å². The number of halogens is 2. The fourth-order valence-electron chi connectivity index (χ4n) is 2.07. The third kappa shape index (κ3) is 2.77. The van der Waals surface area contributed by atoms with E-state index < -0.39 is 0 Å². The van der Waals surface area contributed by atoms with Crippen molar-refractivity contribution in [3.05, 3.63) is 33.3 Å². The molecule has 1 fully saturated rings. The van der Waals surface area contributed by atoms with Crippen LogP contribution in [0.2, 0.25) is 5.02 Å². The maximum absolute atomic E-state index is 6.27. The number of hydrogen-bond acceptors (Lipinski definition) is 2. The second-order valence-electron chi connectivity index (χ2n) is 4.15. The summed E-state index contributed by atoms with van der Waals surface area (Å²) in [6.45, 7) is 1.65. The third-order valence-corrected chi connectivity index (χ3v) is 4.32. The molecule has 1 heterocycles. The van der Waals surface area contributed by atoms with E-state index >= 15 is 0 Å². The van der Waals surface area contributed by atoms with E-state index in [9.17, 15) is 0 Å². The summed E-state index contributed by atoms with van der Waals surface area (Å²) in [5.41, 5.74) is 7.41. The first-order valence-electron chi connectivity index (χ1n) is 5.47. The monoisotopic (exact) mass is 303 g/mol. The molecule has 2 N–H and O–H groups in total. The number of ether oxygens (including phenoxy) is 1. The molecule has 1 aliphatic rings. The first kappa shape index (κ1) is 12.4. The Morgan fingerprint density at radius 3 is 2.69 bits per heavy atom. The fraction of sp³-hybridized carbons (Fsp3) is 0.500. The Balaban J connectivity index is 2.12. The summed E-state index contributed by atoms with van der Waals surface area (Å²) in [6, 6.07) is 5.99. The molecule has 0 radical (unpaired) electrons. The second-order valence-corrected chi connectivity index (χ2v) is 5.41. The molecule has 4 heteroatoms. The quantitative estimate of drug-likeness (QED) is 0.907. The van der Waals surface area contributed by atoms with E-state index in [-0.39, 0.29) is 6.04 Å². The van der Waals surface area contributed by atoms with Gasteiger partial charge in [0.05, 0.1) is 5.02 Å². The van der Waals surface area contributed by atoms with Gasteiger partial charge in [-0.1, -0.05) is 17.7 Å². The number of hydrogen-bond donors (Lipinski definition) is 1. The highest BCUT2D eigenvalue weighted by molar-refractivity contribution is 9.10. The molecule has 1 atom stereocenters. The van der Waals surface area contributed by atoms with Crippen molar-refractivity contribution in [2.75, 3.05) is 13.2 Å². The Bertz CT molecular complexity index is 366. The summed E-state index contributed by atoms with van der Waals surface area (Å²) in [4.78, 5) is 0. The lowest BCUT2D eigenvalue weighted by molar-refractivity contribution is 0.0584. The highest BCUT2D eigenvalue weighted by Crippen LogP contribution is 2.31. The molecule has 1 unspecified atom stereocenters. The van der Waals surface area contributed by atoms with Crippen molar-refractivity contribution in [2.24, 2.45) is 11.7 Å². The van der Waals surface area contributed by atoms with Gasteiger partial charge in [0, 0.05) is 23.7 Å². The fourth-order valence-corrected chi connectivity index (χ4v) is 2.58. The molecule has 0 aliphatic carbocycles. The minimum atomic E-state index is 0.0810. The summed E-state index contributed by atoms with van der Waals surface area (Å²) < 4.78 is 6.25. The van der Waals surface area contributed by atoms with Crippen LogP contribution in [-0.2, 0) is 4.74 Å². The minimum absolute atomic E-state index is 0.0810. The van der Waals surface area contributed by atoms with Gasteiger partial charge in [-0.15, -0.1) is 0 Å². The van der Waals surface area contributed by atoms with Crippen LogP contribution >= 0.6 is 27.5 Å². The zero-order valence-electron chi connectivity index (χ0n) is 8.96. The lowest BCUT2D eigenvalue weighted by atomic mass is 9.88. The molecule has 0 spiro atoms. The van der Waals surface area contributed by atoms with E-state index in [2.05, 4.69) is 15.9 Å². The lowest BCUT2D eigenvalue weighted by Gasteiger charge is -2.28. The SMILES string of the molecule is NC(c1ccc(Cl)c(Br)c1)C1CCOCC1. The molecule has 1 aromatic carbocycles. The van der Waals surface area contributed by atoms with E-state index in [4.69, 9.17) is 22.1 Å².